The highest BCUT2D eigenvalue weighted by Crippen LogP contribution is 2.59. The van der Waals surface area contributed by atoms with Gasteiger partial charge in [-0.3, -0.25) is 4.79 Å². The van der Waals surface area contributed by atoms with Gasteiger partial charge >= 0.3 is 0 Å². The van der Waals surface area contributed by atoms with Crippen LogP contribution in [-0.4, -0.2) is 37.7 Å². The summed E-state index contributed by atoms with van der Waals surface area (Å²) in [5.41, 5.74) is 2.40. The van der Waals surface area contributed by atoms with Crippen molar-refractivity contribution in [3.05, 3.63) is 35.4 Å². The summed E-state index contributed by atoms with van der Waals surface area (Å²) in [6, 6.07) is 12.1. The van der Waals surface area contributed by atoms with Crippen LogP contribution in [0.5, 0.6) is 0 Å². The van der Waals surface area contributed by atoms with Gasteiger partial charge in [0.2, 0.25) is 0 Å². The maximum absolute atomic E-state index is 12.6. The Hall–Kier alpha value is -2.41. The van der Waals surface area contributed by atoms with E-state index in [4.69, 9.17) is 10.00 Å². The van der Waals surface area contributed by atoms with Gasteiger partial charge in [0, 0.05) is 13.2 Å². The summed E-state index contributed by atoms with van der Waals surface area (Å²) in [6.45, 7) is 1.93. The van der Waals surface area contributed by atoms with Gasteiger partial charge in [0.1, 0.15) is 12.1 Å². The molecule has 1 heterocycles. The summed E-state index contributed by atoms with van der Waals surface area (Å²) in [4.78, 5) is 12.6. The number of benzene rings is 1. The van der Waals surface area contributed by atoms with Crippen LogP contribution in [0.25, 0.3) is 0 Å². The number of ether oxygens (including phenoxy) is 1. The van der Waals surface area contributed by atoms with Crippen molar-refractivity contribution in [1.29, 1.82) is 10.5 Å². The summed E-state index contributed by atoms with van der Waals surface area (Å²) < 4.78 is 5.63. The zero-order chi connectivity index (χ0) is 21.0. The van der Waals surface area contributed by atoms with Crippen molar-refractivity contribution in [2.75, 3.05) is 19.7 Å². The van der Waals surface area contributed by atoms with Gasteiger partial charge in [-0.1, -0.05) is 12.1 Å². The van der Waals surface area contributed by atoms with Crippen molar-refractivity contribution in [3.63, 3.8) is 0 Å². The van der Waals surface area contributed by atoms with Crippen LogP contribution in [0.3, 0.4) is 0 Å². The number of fused-ring (bicyclic) bond motifs is 3. The normalized spacial score (nSPS) is 31.7. The molecule has 6 heteroatoms. The number of rotatable bonds is 5. The number of carbonyl (C=O) groups is 1. The first-order valence-electron chi connectivity index (χ1n) is 11.1. The Kier molecular flexibility index (Phi) is 6.09. The molecule has 3 aliphatic carbocycles. The molecule has 2 atom stereocenters. The highest BCUT2D eigenvalue weighted by molar-refractivity contribution is 5.81. The molecule has 2 N–H and O–H groups in total. The monoisotopic (exact) mass is 406 g/mol. The van der Waals surface area contributed by atoms with E-state index in [1.165, 1.54) is 5.56 Å². The first-order valence-corrected chi connectivity index (χ1v) is 11.1. The third kappa shape index (κ3) is 4.21. The number of nitriles is 2. The lowest BCUT2D eigenvalue weighted by Crippen LogP contribution is -2.50. The molecule has 2 bridgehead atoms. The topological polar surface area (TPSA) is 97.9 Å². The Labute approximate surface area is 178 Å². The molecule has 5 rings (SSSR count). The molecule has 0 aromatic heterocycles. The van der Waals surface area contributed by atoms with E-state index in [9.17, 15) is 10.1 Å². The molecule has 1 saturated heterocycles. The fourth-order valence-electron chi connectivity index (χ4n) is 5.61. The van der Waals surface area contributed by atoms with Gasteiger partial charge in [0.05, 0.1) is 17.7 Å². The lowest BCUT2D eigenvalue weighted by molar-refractivity contribution is -0.132. The first-order chi connectivity index (χ1) is 14.6. The molecule has 158 valence electrons. The molecule has 4 aliphatic rings. The maximum atomic E-state index is 12.6. The highest BCUT2D eigenvalue weighted by atomic mass is 16.5. The fourth-order valence-corrected chi connectivity index (χ4v) is 5.61. The van der Waals surface area contributed by atoms with Crippen molar-refractivity contribution < 1.29 is 9.53 Å². The van der Waals surface area contributed by atoms with Crippen molar-refractivity contribution in [2.24, 2.45) is 5.41 Å². The Morgan fingerprint density at radius 3 is 2.50 bits per heavy atom. The average molecular weight is 407 g/mol. The molecule has 4 fully saturated rings. The van der Waals surface area contributed by atoms with Crippen LogP contribution in [0.2, 0.25) is 0 Å². The molecule has 0 spiro atoms. The van der Waals surface area contributed by atoms with E-state index in [1.54, 1.807) is 0 Å². The van der Waals surface area contributed by atoms with Gasteiger partial charge in [-0.25, -0.2) is 0 Å². The number of carbonyl (C=O) groups excluding carboxylic acids is 1. The van der Waals surface area contributed by atoms with Gasteiger partial charge in [0.15, 0.2) is 0 Å². The van der Waals surface area contributed by atoms with Crippen LogP contribution in [0.15, 0.2) is 24.3 Å². The van der Waals surface area contributed by atoms with Crippen molar-refractivity contribution in [3.8, 4) is 12.1 Å². The van der Waals surface area contributed by atoms with E-state index >= 15 is 0 Å². The SMILES string of the molecule is N#Cc1ccc(C23CCC(CC(C#N)NC(=O)[C@@H]4CNCCCO4)(CC2)CC3)cc1. The second-order valence-corrected chi connectivity index (χ2v) is 9.28. The van der Waals surface area contributed by atoms with Crippen LogP contribution >= 0.6 is 0 Å². The van der Waals surface area contributed by atoms with Crippen LogP contribution < -0.4 is 10.6 Å². The molecule has 6 nitrogen and oxygen atoms in total. The van der Waals surface area contributed by atoms with E-state index < -0.39 is 12.1 Å². The van der Waals surface area contributed by atoms with E-state index in [-0.39, 0.29) is 16.7 Å². The Morgan fingerprint density at radius 1 is 1.17 bits per heavy atom. The van der Waals surface area contributed by atoms with Gasteiger partial charge in [-0.15, -0.1) is 0 Å². The number of nitrogens with zero attached hydrogens (tertiary/aromatic N) is 2. The Morgan fingerprint density at radius 2 is 1.87 bits per heavy atom. The summed E-state index contributed by atoms with van der Waals surface area (Å²) in [5, 5.41) is 24.9. The van der Waals surface area contributed by atoms with E-state index in [1.807, 2.05) is 12.1 Å². The minimum atomic E-state index is -0.511. The highest BCUT2D eigenvalue weighted by Gasteiger charge is 2.50. The molecule has 1 amide bonds. The van der Waals surface area contributed by atoms with E-state index in [0.29, 0.717) is 18.7 Å². The second-order valence-electron chi connectivity index (χ2n) is 9.28. The zero-order valence-electron chi connectivity index (χ0n) is 17.5. The summed E-state index contributed by atoms with van der Waals surface area (Å²) in [7, 11) is 0. The predicted octanol–water partition coefficient (Wildman–Crippen LogP) is 2.93. The lowest BCUT2D eigenvalue weighted by Gasteiger charge is -2.54. The number of hydrogen-bond donors (Lipinski definition) is 2. The third-order valence-corrected chi connectivity index (χ3v) is 7.58. The molecule has 30 heavy (non-hydrogen) atoms. The number of hydrogen-bond acceptors (Lipinski definition) is 5. The molecular weight excluding hydrogens is 376 g/mol. The van der Waals surface area contributed by atoms with Crippen LogP contribution in [0, 0.1) is 28.1 Å². The van der Waals surface area contributed by atoms with Crippen LogP contribution in [0.4, 0.5) is 0 Å². The molecule has 3 saturated carbocycles. The summed E-state index contributed by atoms with van der Waals surface area (Å²) in [6.07, 6.45) is 7.70. The van der Waals surface area contributed by atoms with Crippen LogP contribution in [0.1, 0.15) is 62.5 Å². The average Bonchev–Trinajstić information content (AvgIpc) is 3.09. The molecule has 0 radical (unpaired) electrons. The van der Waals surface area contributed by atoms with Gasteiger partial charge in [0.25, 0.3) is 5.91 Å². The minimum absolute atomic E-state index is 0.143. The Bertz CT molecular complexity index is 819. The van der Waals surface area contributed by atoms with Crippen LogP contribution in [-0.2, 0) is 14.9 Å². The van der Waals surface area contributed by atoms with Crippen molar-refractivity contribution >= 4 is 5.91 Å². The molecule has 1 unspecified atom stereocenters. The minimum Gasteiger partial charge on any atom is -0.367 e. The zero-order valence-corrected chi connectivity index (χ0v) is 17.5. The van der Waals surface area contributed by atoms with E-state index in [0.717, 1.165) is 57.9 Å². The van der Waals surface area contributed by atoms with Gasteiger partial charge in [-0.05, 0) is 86.4 Å². The first kappa shape index (κ1) is 20.8. The largest absolute Gasteiger partial charge is 0.367 e. The van der Waals surface area contributed by atoms with Gasteiger partial charge < -0.3 is 15.4 Å². The standard InChI is InChI=1S/C24H30N4O2/c25-15-18-2-4-19(5-3-18)24-9-6-23(7-10-24,8-11-24)14-20(16-26)28-22(29)21-17-27-12-1-13-30-21/h2-5,20-21,27H,1,6-14,17H2,(H,28,29)/t20?,21-,23?,24?/m0/s1. The number of amides is 1. The van der Waals surface area contributed by atoms with Gasteiger partial charge in [-0.2, -0.15) is 10.5 Å². The van der Waals surface area contributed by atoms with Crippen molar-refractivity contribution in [2.45, 2.75) is 68.9 Å². The molecular formula is C24H30N4O2. The smallest absolute Gasteiger partial charge is 0.251 e. The van der Waals surface area contributed by atoms with Crippen molar-refractivity contribution in [1.82, 2.24) is 10.6 Å². The predicted molar refractivity (Wildman–Crippen MR) is 112 cm³/mol. The summed E-state index contributed by atoms with van der Waals surface area (Å²) in [5.74, 6) is -0.175. The quantitative estimate of drug-likeness (QED) is 0.783. The fraction of sp³-hybridized carbons (Fsp3) is 0.625. The number of nitrogens with one attached hydrogen (secondary N) is 2. The second kappa shape index (κ2) is 8.76. The molecule has 1 aromatic carbocycles. The van der Waals surface area contributed by atoms with E-state index in [2.05, 4.69) is 34.9 Å². The maximum Gasteiger partial charge on any atom is 0.251 e. The third-order valence-electron chi connectivity index (χ3n) is 7.58. The lowest BCUT2D eigenvalue weighted by atomic mass is 9.50. The summed E-state index contributed by atoms with van der Waals surface area (Å²) >= 11 is 0. The molecule has 1 aromatic rings. The Balaban J connectivity index is 1.37. The molecule has 1 aliphatic heterocycles.